The van der Waals surface area contributed by atoms with E-state index < -0.39 is 11.6 Å². The third-order valence-electron chi connectivity index (χ3n) is 6.19. The van der Waals surface area contributed by atoms with Crippen molar-refractivity contribution >= 4 is 10.9 Å². The molecule has 0 atom stereocenters. The molecule has 0 spiro atoms. The van der Waals surface area contributed by atoms with E-state index in [1.165, 1.54) is 42.0 Å². The molecule has 3 aromatic heterocycles. The quantitative estimate of drug-likeness (QED) is 0.431. The van der Waals surface area contributed by atoms with Crippen LogP contribution in [0.3, 0.4) is 0 Å². The van der Waals surface area contributed by atoms with Crippen LogP contribution in [0, 0.1) is 11.6 Å². The van der Waals surface area contributed by atoms with Crippen LogP contribution in [0.5, 0.6) is 5.75 Å². The zero-order chi connectivity index (χ0) is 22.2. The molecule has 4 aromatic rings. The predicted molar refractivity (Wildman–Crippen MR) is 118 cm³/mol. The third-order valence-corrected chi connectivity index (χ3v) is 6.19. The van der Waals surface area contributed by atoms with Gasteiger partial charge in [0.05, 0.1) is 17.4 Å². The smallest absolute Gasteiger partial charge is 0.258 e. The molecule has 0 saturated heterocycles. The van der Waals surface area contributed by atoms with Crippen molar-refractivity contribution in [3.8, 4) is 11.4 Å². The highest BCUT2D eigenvalue weighted by molar-refractivity contribution is 5.87. The molecule has 0 bridgehead atoms. The summed E-state index contributed by atoms with van der Waals surface area (Å²) in [6.45, 7) is -0.198. The Morgan fingerprint density at radius 2 is 1.91 bits per heavy atom. The minimum atomic E-state index is -0.785. The highest BCUT2D eigenvalue weighted by Gasteiger charge is 2.18. The Morgan fingerprint density at radius 1 is 1.06 bits per heavy atom. The zero-order valence-electron chi connectivity index (χ0n) is 17.8. The lowest BCUT2D eigenvalue weighted by Crippen LogP contribution is -2.17. The van der Waals surface area contributed by atoms with Crippen molar-refractivity contribution in [2.45, 2.75) is 38.7 Å². The first-order valence-electron chi connectivity index (χ1n) is 10.8. The van der Waals surface area contributed by atoms with Crippen LogP contribution in [0.2, 0.25) is 0 Å². The average Bonchev–Trinajstić information content (AvgIpc) is 2.93. The van der Waals surface area contributed by atoms with E-state index >= 15 is 0 Å². The summed E-state index contributed by atoms with van der Waals surface area (Å²) in [5.74, 6) is -1.24. The molecule has 5 nitrogen and oxygen atoms in total. The maximum absolute atomic E-state index is 13.7. The van der Waals surface area contributed by atoms with Crippen LogP contribution in [-0.2, 0) is 26.5 Å². The molecule has 1 aromatic carbocycles. The van der Waals surface area contributed by atoms with Gasteiger partial charge in [0.1, 0.15) is 23.9 Å². The Morgan fingerprint density at radius 3 is 2.72 bits per heavy atom. The number of halogens is 2. The first-order chi connectivity index (χ1) is 15.5. The molecule has 1 aliphatic carbocycles. The molecular weight excluding hydrogens is 412 g/mol. The number of aromatic nitrogens is 3. The van der Waals surface area contributed by atoms with Crippen molar-refractivity contribution in [3.05, 3.63) is 87.7 Å². The van der Waals surface area contributed by atoms with Crippen molar-refractivity contribution in [2.24, 2.45) is 7.05 Å². The fourth-order valence-corrected chi connectivity index (χ4v) is 4.54. The second-order valence-corrected chi connectivity index (χ2v) is 8.19. The Labute approximate surface area is 183 Å². The summed E-state index contributed by atoms with van der Waals surface area (Å²) in [6.07, 6.45) is 8.45. The van der Waals surface area contributed by atoms with E-state index in [1.54, 1.807) is 16.8 Å². The van der Waals surface area contributed by atoms with Gasteiger partial charge in [-0.2, -0.15) is 0 Å². The molecule has 0 aliphatic heterocycles. The molecule has 7 heteroatoms. The monoisotopic (exact) mass is 435 g/mol. The zero-order valence-corrected chi connectivity index (χ0v) is 17.8. The summed E-state index contributed by atoms with van der Waals surface area (Å²) in [7, 11) is 2.10. The number of rotatable bonds is 4. The van der Waals surface area contributed by atoms with E-state index in [-0.39, 0.29) is 17.9 Å². The normalized spacial score (nSPS) is 13.7. The van der Waals surface area contributed by atoms with Crippen LogP contribution in [0.25, 0.3) is 16.6 Å². The SMILES string of the molecule is Cn1c2c(c3ccc(-n4ccc(OCc5ncc(F)cc5F)cc4=O)cc31)CCCCC2. The van der Waals surface area contributed by atoms with Gasteiger partial charge >= 0.3 is 0 Å². The van der Waals surface area contributed by atoms with E-state index in [1.807, 2.05) is 12.1 Å². The van der Waals surface area contributed by atoms with E-state index in [0.717, 1.165) is 36.3 Å². The number of hydrogen-bond donors (Lipinski definition) is 0. The van der Waals surface area contributed by atoms with Gasteiger partial charge in [0.25, 0.3) is 5.56 Å². The molecule has 3 heterocycles. The molecule has 0 N–H and O–H groups in total. The second-order valence-electron chi connectivity index (χ2n) is 8.19. The first-order valence-corrected chi connectivity index (χ1v) is 10.8. The average molecular weight is 435 g/mol. The number of ether oxygens (including phenoxy) is 1. The lowest BCUT2D eigenvalue weighted by molar-refractivity contribution is 0.292. The van der Waals surface area contributed by atoms with Gasteiger partial charge in [0.15, 0.2) is 5.82 Å². The fourth-order valence-electron chi connectivity index (χ4n) is 4.54. The van der Waals surface area contributed by atoms with Gasteiger partial charge in [-0.25, -0.2) is 8.78 Å². The Kier molecular flexibility index (Phi) is 5.25. The van der Waals surface area contributed by atoms with E-state index in [9.17, 15) is 13.6 Å². The van der Waals surface area contributed by atoms with Gasteiger partial charge in [-0.1, -0.05) is 12.5 Å². The van der Waals surface area contributed by atoms with E-state index in [0.29, 0.717) is 5.75 Å². The van der Waals surface area contributed by atoms with Gasteiger partial charge in [-0.15, -0.1) is 0 Å². The summed E-state index contributed by atoms with van der Waals surface area (Å²) in [6, 6.07) is 9.87. The van der Waals surface area contributed by atoms with Crippen LogP contribution >= 0.6 is 0 Å². The molecule has 1 aliphatic rings. The lowest BCUT2D eigenvalue weighted by atomic mass is 10.1. The highest BCUT2D eigenvalue weighted by Crippen LogP contribution is 2.31. The molecule has 0 fully saturated rings. The van der Waals surface area contributed by atoms with Gasteiger partial charge in [-0.05, 0) is 49.4 Å². The summed E-state index contributed by atoms with van der Waals surface area (Å²) >= 11 is 0. The van der Waals surface area contributed by atoms with Gasteiger partial charge in [0.2, 0.25) is 0 Å². The summed E-state index contributed by atoms with van der Waals surface area (Å²) in [5.41, 5.74) is 4.45. The minimum Gasteiger partial charge on any atom is -0.487 e. The molecule has 0 radical (unpaired) electrons. The summed E-state index contributed by atoms with van der Waals surface area (Å²) in [5, 5.41) is 1.26. The fraction of sp³-hybridized carbons (Fsp3) is 0.280. The van der Waals surface area contributed by atoms with Crippen LogP contribution in [0.1, 0.15) is 36.2 Å². The number of hydrogen-bond acceptors (Lipinski definition) is 3. The highest BCUT2D eigenvalue weighted by atomic mass is 19.1. The number of fused-ring (bicyclic) bond motifs is 3. The van der Waals surface area contributed by atoms with Gasteiger partial charge < -0.3 is 9.30 Å². The molecule has 5 rings (SSSR count). The summed E-state index contributed by atoms with van der Waals surface area (Å²) in [4.78, 5) is 16.5. The number of benzene rings is 1. The van der Waals surface area contributed by atoms with Crippen molar-refractivity contribution in [1.82, 2.24) is 14.1 Å². The van der Waals surface area contributed by atoms with E-state index in [2.05, 4.69) is 22.7 Å². The number of nitrogens with zero attached hydrogens (tertiary/aromatic N) is 3. The van der Waals surface area contributed by atoms with Crippen LogP contribution < -0.4 is 10.3 Å². The van der Waals surface area contributed by atoms with Crippen molar-refractivity contribution < 1.29 is 13.5 Å². The topological polar surface area (TPSA) is 49.0 Å². The van der Waals surface area contributed by atoms with Gasteiger partial charge in [0, 0.05) is 36.5 Å². The predicted octanol–water partition coefficient (Wildman–Crippen LogP) is 4.85. The standard InChI is InChI=1S/C25H23F2N3O2/c1-29-23-6-4-2-3-5-19(23)20-8-7-17(12-24(20)29)30-10-9-18(13-25(30)31)32-15-22-21(27)11-16(26)14-28-22/h7-14H,2-6,15H2,1H3. The molecule has 32 heavy (non-hydrogen) atoms. The van der Waals surface area contributed by atoms with Crippen LogP contribution in [0.15, 0.2) is 53.6 Å². The summed E-state index contributed by atoms with van der Waals surface area (Å²) < 4.78 is 36.0. The van der Waals surface area contributed by atoms with Crippen molar-refractivity contribution in [1.29, 1.82) is 0 Å². The number of aryl methyl sites for hydroxylation is 2. The largest absolute Gasteiger partial charge is 0.487 e. The molecule has 0 saturated carbocycles. The van der Waals surface area contributed by atoms with E-state index in [4.69, 9.17) is 4.74 Å². The molecule has 164 valence electrons. The van der Waals surface area contributed by atoms with Crippen molar-refractivity contribution in [3.63, 3.8) is 0 Å². The number of pyridine rings is 2. The Bertz CT molecular complexity index is 1370. The van der Waals surface area contributed by atoms with Crippen LogP contribution in [0.4, 0.5) is 8.78 Å². The van der Waals surface area contributed by atoms with Crippen LogP contribution in [-0.4, -0.2) is 14.1 Å². The maximum Gasteiger partial charge on any atom is 0.258 e. The van der Waals surface area contributed by atoms with Gasteiger partial charge in [-0.3, -0.25) is 14.3 Å². The molecular formula is C25H23F2N3O2. The van der Waals surface area contributed by atoms with Crippen molar-refractivity contribution in [2.75, 3.05) is 0 Å². The minimum absolute atomic E-state index is 0.0236. The first kappa shape index (κ1) is 20.4. The Balaban J connectivity index is 1.42. The molecule has 0 amide bonds. The maximum atomic E-state index is 13.7. The second kappa shape index (κ2) is 8.22. The molecule has 0 unspecified atom stereocenters. The lowest BCUT2D eigenvalue weighted by Gasteiger charge is -2.10. The third kappa shape index (κ3) is 3.68. The Hall–Kier alpha value is -3.48.